The second kappa shape index (κ2) is 3.61. The molecule has 0 atom stereocenters. The molecule has 1 fully saturated rings. The number of hydrogen-bond acceptors (Lipinski definition) is 4. The maximum Gasteiger partial charge on any atom is 0.259 e. The quantitative estimate of drug-likeness (QED) is 0.677. The van der Waals surface area contributed by atoms with Crippen LogP contribution in [-0.2, 0) is 14.8 Å². The molecule has 0 aromatic carbocycles. The highest BCUT2D eigenvalue weighted by Gasteiger charge is 2.59. The summed E-state index contributed by atoms with van der Waals surface area (Å²) in [6.45, 7) is 7.11. The van der Waals surface area contributed by atoms with Gasteiger partial charge in [-0.25, -0.2) is 12.7 Å². The van der Waals surface area contributed by atoms with Gasteiger partial charge in [-0.15, -0.1) is 0 Å². The van der Waals surface area contributed by atoms with E-state index in [0.717, 1.165) is 4.31 Å². The summed E-state index contributed by atoms with van der Waals surface area (Å²) in [4.78, 5) is 11.5. The van der Waals surface area contributed by atoms with Crippen LogP contribution in [0.1, 0.15) is 13.8 Å². The van der Waals surface area contributed by atoms with Crippen molar-refractivity contribution in [2.24, 2.45) is 0 Å². The van der Waals surface area contributed by atoms with E-state index in [0.29, 0.717) is 12.1 Å². The molecule has 1 heterocycles. The lowest BCUT2D eigenvalue weighted by Crippen LogP contribution is -2.67. The smallest absolute Gasteiger partial charge is 0.259 e. The minimum Gasteiger partial charge on any atom is -0.316 e. The highest BCUT2D eigenvalue weighted by atomic mass is 32.2. The zero-order valence-corrected chi connectivity index (χ0v) is 10.0. The molecule has 5 nitrogen and oxygen atoms in total. The lowest BCUT2D eigenvalue weighted by atomic mass is 10.1. The van der Waals surface area contributed by atoms with E-state index in [-0.39, 0.29) is 12.5 Å². The molecule has 0 saturated carbocycles. The van der Waals surface area contributed by atoms with Crippen molar-refractivity contribution < 1.29 is 13.2 Å². The molecule has 1 saturated heterocycles. The number of carbonyl (C=O) groups excluding carboxylic acids is 1. The summed E-state index contributed by atoms with van der Waals surface area (Å²) in [7, 11) is -1.73. The van der Waals surface area contributed by atoms with Crippen LogP contribution in [0.3, 0.4) is 0 Å². The van der Waals surface area contributed by atoms with Gasteiger partial charge in [0.15, 0.2) is 4.75 Å². The number of carbonyl (C=O) groups is 1. The van der Waals surface area contributed by atoms with Crippen molar-refractivity contribution in [3.63, 3.8) is 0 Å². The van der Waals surface area contributed by atoms with Gasteiger partial charge in [-0.1, -0.05) is 6.58 Å². The van der Waals surface area contributed by atoms with Crippen molar-refractivity contribution in [3.05, 3.63) is 12.2 Å². The van der Waals surface area contributed by atoms with E-state index < -0.39 is 14.8 Å². The first kappa shape index (κ1) is 12.2. The first-order valence-electron chi connectivity index (χ1n) is 4.63. The van der Waals surface area contributed by atoms with Crippen LogP contribution in [0, 0.1) is 0 Å². The van der Waals surface area contributed by atoms with Gasteiger partial charge in [-0.3, -0.25) is 4.79 Å². The largest absolute Gasteiger partial charge is 0.316 e. The van der Waals surface area contributed by atoms with E-state index >= 15 is 0 Å². The lowest BCUT2D eigenvalue weighted by Gasteiger charge is -2.43. The van der Waals surface area contributed by atoms with Crippen molar-refractivity contribution in [2.75, 3.05) is 20.1 Å². The molecule has 0 bridgehead atoms. The summed E-state index contributed by atoms with van der Waals surface area (Å²) in [6.07, 6.45) is 0. The average molecular weight is 232 g/mol. The third kappa shape index (κ3) is 1.68. The number of likely N-dealkylation sites (N-methyl/N-ethyl adjacent to an activating group) is 1. The van der Waals surface area contributed by atoms with Gasteiger partial charge in [-0.05, 0) is 26.5 Å². The topological polar surface area (TPSA) is 66.5 Å². The Morgan fingerprint density at radius 3 is 2.47 bits per heavy atom. The summed E-state index contributed by atoms with van der Waals surface area (Å²) >= 11 is 0. The van der Waals surface area contributed by atoms with E-state index in [4.69, 9.17) is 0 Å². The van der Waals surface area contributed by atoms with Crippen LogP contribution < -0.4 is 5.32 Å². The fourth-order valence-corrected chi connectivity index (χ4v) is 2.97. The van der Waals surface area contributed by atoms with E-state index in [1.807, 2.05) is 0 Å². The molecule has 15 heavy (non-hydrogen) atoms. The number of sulfonamides is 1. The van der Waals surface area contributed by atoms with Crippen molar-refractivity contribution in [3.8, 4) is 0 Å². The molecule has 0 spiro atoms. The van der Waals surface area contributed by atoms with Crippen LogP contribution >= 0.6 is 0 Å². The average Bonchev–Trinajstić information content (AvgIpc) is 2.13. The Kier molecular flexibility index (Phi) is 2.93. The normalized spacial score (nSPS) is 22.3. The molecular formula is C9H16N2O3S. The Morgan fingerprint density at radius 1 is 1.53 bits per heavy atom. The zero-order chi connectivity index (χ0) is 11.9. The van der Waals surface area contributed by atoms with Gasteiger partial charge >= 0.3 is 0 Å². The third-order valence-corrected chi connectivity index (χ3v) is 4.81. The first-order valence-corrected chi connectivity index (χ1v) is 6.07. The summed E-state index contributed by atoms with van der Waals surface area (Å²) in [5.41, 5.74) is 0.671. The Bertz CT molecular complexity index is 398. The van der Waals surface area contributed by atoms with E-state index in [1.165, 1.54) is 13.8 Å². The van der Waals surface area contributed by atoms with E-state index in [2.05, 4.69) is 11.9 Å². The fourth-order valence-electron chi connectivity index (χ4n) is 1.42. The highest BCUT2D eigenvalue weighted by Crippen LogP contribution is 2.34. The Morgan fingerprint density at radius 2 is 2.07 bits per heavy atom. The van der Waals surface area contributed by atoms with Gasteiger partial charge < -0.3 is 5.32 Å². The molecule has 1 aliphatic heterocycles. The number of nitrogens with zero attached hydrogens (tertiary/aromatic N) is 1. The number of nitrogens with one attached hydrogen (secondary N) is 1. The van der Waals surface area contributed by atoms with Crippen LogP contribution in [-0.4, -0.2) is 43.5 Å². The predicted octanol–water partition coefficient (Wildman–Crippen LogP) is -0.287. The van der Waals surface area contributed by atoms with Crippen molar-refractivity contribution >= 4 is 15.9 Å². The monoisotopic (exact) mass is 232 g/mol. The van der Waals surface area contributed by atoms with E-state index in [9.17, 15) is 13.2 Å². The Hall–Kier alpha value is -0.880. The molecule has 0 aliphatic carbocycles. The highest BCUT2D eigenvalue weighted by molar-refractivity contribution is 7.94. The van der Waals surface area contributed by atoms with Gasteiger partial charge in [0.25, 0.3) is 15.9 Å². The molecule has 6 heteroatoms. The second-order valence-electron chi connectivity index (χ2n) is 4.11. The van der Waals surface area contributed by atoms with Crippen LogP contribution in [0.15, 0.2) is 12.2 Å². The van der Waals surface area contributed by atoms with Crippen molar-refractivity contribution in [2.45, 2.75) is 18.6 Å². The molecule has 1 rings (SSSR count). The summed E-state index contributed by atoms with van der Waals surface area (Å²) in [6, 6.07) is 0. The van der Waals surface area contributed by atoms with Gasteiger partial charge in [0, 0.05) is 6.54 Å². The van der Waals surface area contributed by atoms with Crippen LogP contribution in [0.5, 0.6) is 0 Å². The number of rotatable bonds is 4. The van der Waals surface area contributed by atoms with Crippen molar-refractivity contribution in [1.82, 2.24) is 9.62 Å². The van der Waals surface area contributed by atoms with Gasteiger partial charge in [0.2, 0.25) is 0 Å². The van der Waals surface area contributed by atoms with E-state index in [1.54, 1.807) is 7.05 Å². The summed E-state index contributed by atoms with van der Waals surface area (Å²) in [5, 5.41) is 2.85. The van der Waals surface area contributed by atoms with Gasteiger partial charge in [-0.2, -0.15) is 0 Å². The maximum absolute atomic E-state index is 11.7. The molecule has 1 N–H and O–H groups in total. The number of hydrogen-bond donors (Lipinski definition) is 1. The summed E-state index contributed by atoms with van der Waals surface area (Å²) < 4.78 is 22.9. The predicted molar refractivity (Wildman–Crippen MR) is 57.8 cm³/mol. The van der Waals surface area contributed by atoms with Crippen LogP contribution in [0.4, 0.5) is 0 Å². The zero-order valence-electron chi connectivity index (χ0n) is 9.20. The summed E-state index contributed by atoms with van der Waals surface area (Å²) in [5.74, 6) is -0.361. The van der Waals surface area contributed by atoms with Crippen LogP contribution in [0.25, 0.3) is 0 Å². The lowest BCUT2D eigenvalue weighted by molar-refractivity contribution is -0.131. The molecule has 0 aromatic rings. The van der Waals surface area contributed by atoms with Crippen LogP contribution in [0.2, 0.25) is 0 Å². The third-order valence-electron chi connectivity index (χ3n) is 2.47. The molecule has 1 amide bonds. The molecule has 0 aromatic heterocycles. The Labute approximate surface area is 90.2 Å². The molecule has 86 valence electrons. The Balaban J connectivity index is 2.76. The second-order valence-corrected chi connectivity index (χ2v) is 6.52. The fraction of sp³-hybridized carbons (Fsp3) is 0.667. The molecule has 1 aliphatic rings. The van der Waals surface area contributed by atoms with Crippen molar-refractivity contribution in [1.29, 1.82) is 0 Å². The SMILES string of the molecule is C=C(CNC)CN1C(=O)C(C)(C)S1(=O)=O. The number of amides is 1. The van der Waals surface area contributed by atoms with Gasteiger partial charge in [0.05, 0.1) is 6.54 Å². The standard InChI is InChI=1S/C9H16N2O3S/c1-7(5-10-4)6-11-8(12)9(2,3)15(11,13)14/h10H,1,5-6H2,2-4H3. The van der Waals surface area contributed by atoms with Gasteiger partial charge in [0.1, 0.15) is 0 Å². The maximum atomic E-state index is 11.7. The molecule has 0 radical (unpaired) electrons. The minimum absolute atomic E-state index is 0.0748. The molecular weight excluding hydrogens is 216 g/mol. The first-order chi connectivity index (χ1) is 6.75. The molecule has 0 unspecified atom stereocenters. The minimum atomic E-state index is -3.47.